The van der Waals surface area contributed by atoms with E-state index in [1.807, 2.05) is 36.4 Å². The van der Waals surface area contributed by atoms with E-state index in [1.54, 1.807) is 11.8 Å². The second-order valence-electron chi connectivity index (χ2n) is 6.97. The fourth-order valence-electron chi connectivity index (χ4n) is 3.79. The molecule has 0 unspecified atom stereocenters. The maximum absolute atomic E-state index is 6.63. The number of hydrogen-bond donors (Lipinski definition) is 0. The lowest BCUT2D eigenvalue weighted by atomic mass is 9.89. The summed E-state index contributed by atoms with van der Waals surface area (Å²) in [6.07, 6.45) is 7.90. The van der Waals surface area contributed by atoms with Gasteiger partial charge in [-0.05, 0) is 49.5 Å². The van der Waals surface area contributed by atoms with Crippen molar-refractivity contribution in [3.63, 3.8) is 0 Å². The average molecular weight is 374 g/mol. The topological polar surface area (TPSA) is 48.1 Å². The van der Waals surface area contributed by atoms with Gasteiger partial charge in [0.15, 0.2) is 0 Å². The molecule has 0 N–H and O–H groups in total. The molecule has 1 aromatic carbocycles. The van der Waals surface area contributed by atoms with Crippen LogP contribution >= 0.6 is 11.6 Å². The molecule has 1 saturated heterocycles. The van der Waals surface area contributed by atoms with Crippen molar-refractivity contribution >= 4 is 22.5 Å². The van der Waals surface area contributed by atoms with E-state index in [4.69, 9.17) is 16.3 Å². The van der Waals surface area contributed by atoms with E-state index in [2.05, 4.69) is 21.2 Å². The Morgan fingerprint density at radius 2 is 2.00 bits per heavy atom. The number of likely N-dealkylation sites (tertiary alicyclic amines) is 1. The summed E-state index contributed by atoms with van der Waals surface area (Å²) >= 11 is 6.63. The SMILES string of the molecule is COCCN1CCC(c2cc3c(cnn3-c3cnn(C)c3)cc2Cl)CC1. The van der Waals surface area contributed by atoms with Gasteiger partial charge in [-0.15, -0.1) is 0 Å². The first-order chi connectivity index (χ1) is 12.7. The van der Waals surface area contributed by atoms with Gasteiger partial charge in [0.1, 0.15) is 5.69 Å². The molecule has 6 nitrogen and oxygen atoms in total. The molecule has 138 valence electrons. The van der Waals surface area contributed by atoms with E-state index in [9.17, 15) is 0 Å². The number of rotatable bonds is 5. The maximum atomic E-state index is 6.63. The minimum Gasteiger partial charge on any atom is -0.383 e. The molecular formula is C19H24ClN5O. The van der Waals surface area contributed by atoms with Crippen LogP contribution in [0.15, 0.2) is 30.7 Å². The van der Waals surface area contributed by atoms with Gasteiger partial charge in [-0.25, -0.2) is 4.68 Å². The van der Waals surface area contributed by atoms with Crippen LogP contribution in [0.3, 0.4) is 0 Å². The van der Waals surface area contributed by atoms with Crippen molar-refractivity contribution < 1.29 is 4.74 Å². The molecule has 0 bridgehead atoms. The summed E-state index contributed by atoms with van der Waals surface area (Å²) in [5, 5.41) is 10.7. The molecule has 0 atom stereocenters. The highest BCUT2D eigenvalue weighted by atomic mass is 35.5. The first kappa shape index (κ1) is 17.5. The summed E-state index contributed by atoms with van der Waals surface area (Å²) in [5.74, 6) is 0.489. The van der Waals surface area contributed by atoms with Gasteiger partial charge in [-0.1, -0.05) is 11.6 Å². The Balaban J connectivity index is 1.61. The molecule has 0 amide bonds. The van der Waals surface area contributed by atoms with Crippen LogP contribution in [0.1, 0.15) is 24.3 Å². The van der Waals surface area contributed by atoms with Crippen molar-refractivity contribution in [2.24, 2.45) is 7.05 Å². The van der Waals surface area contributed by atoms with Crippen molar-refractivity contribution in [2.45, 2.75) is 18.8 Å². The van der Waals surface area contributed by atoms with Crippen molar-refractivity contribution in [3.8, 4) is 5.69 Å². The molecular weight excluding hydrogens is 350 g/mol. The molecule has 1 aliphatic heterocycles. The number of ether oxygens (including phenoxy) is 1. The van der Waals surface area contributed by atoms with Gasteiger partial charge in [0.25, 0.3) is 0 Å². The van der Waals surface area contributed by atoms with Crippen LogP contribution in [0.4, 0.5) is 0 Å². The average Bonchev–Trinajstić information content (AvgIpc) is 3.25. The van der Waals surface area contributed by atoms with Gasteiger partial charge in [0, 0.05) is 31.1 Å². The third-order valence-corrected chi connectivity index (χ3v) is 5.59. The normalized spacial score (nSPS) is 16.6. The van der Waals surface area contributed by atoms with Gasteiger partial charge < -0.3 is 9.64 Å². The lowest BCUT2D eigenvalue weighted by Crippen LogP contribution is -2.35. The van der Waals surface area contributed by atoms with Crippen LogP contribution in [-0.4, -0.2) is 57.8 Å². The first-order valence-electron chi connectivity index (χ1n) is 9.03. The Bertz CT molecular complexity index is 895. The quantitative estimate of drug-likeness (QED) is 0.688. The number of piperidine rings is 1. The molecule has 2 aromatic heterocycles. The molecule has 0 aliphatic carbocycles. The highest BCUT2D eigenvalue weighted by Gasteiger charge is 2.23. The third kappa shape index (κ3) is 3.37. The largest absolute Gasteiger partial charge is 0.383 e. The van der Waals surface area contributed by atoms with Crippen molar-refractivity contribution in [3.05, 3.63) is 41.3 Å². The summed E-state index contributed by atoms with van der Waals surface area (Å²) in [5.41, 5.74) is 3.28. The lowest BCUT2D eigenvalue weighted by molar-refractivity contribution is 0.130. The van der Waals surface area contributed by atoms with Crippen LogP contribution in [0.2, 0.25) is 5.02 Å². The molecule has 3 heterocycles. The van der Waals surface area contributed by atoms with Crippen molar-refractivity contribution in [1.82, 2.24) is 24.5 Å². The summed E-state index contributed by atoms with van der Waals surface area (Å²) in [6.45, 7) is 3.97. The predicted molar refractivity (Wildman–Crippen MR) is 103 cm³/mol. The molecule has 26 heavy (non-hydrogen) atoms. The number of benzene rings is 1. The molecule has 0 spiro atoms. The van der Waals surface area contributed by atoms with Crippen LogP contribution in [0, 0.1) is 0 Å². The summed E-state index contributed by atoms with van der Waals surface area (Å²) < 4.78 is 8.92. The molecule has 7 heteroatoms. The second kappa shape index (κ2) is 7.39. The Morgan fingerprint density at radius 1 is 1.19 bits per heavy atom. The zero-order chi connectivity index (χ0) is 18.1. The van der Waals surface area contributed by atoms with Gasteiger partial charge >= 0.3 is 0 Å². The number of hydrogen-bond acceptors (Lipinski definition) is 4. The zero-order valence-corrected chi connectivity index (χ0v) is 16.0. The lowest BCUT2D eigenvalue weighted by Gasteiger charge is -2.32. The summed E-state index contributed by atoms with van der Waals surface area (Å²) in [6, 6.07) is 4.26. The molecule has 4 rings (SSSR count). The van der Waals surface area contributed by atoms with E-state index in [-0.39, 0.29) is 0 Å². The summed E-state index contributed by atoms with van der Waals surface area (Å²) in [4.78, 5) is 2.46. The number of halogens is 1. The first-order valence-corrected chi connectivity index (χ1v) is 9.41. The van der Waals surface area contributed by atoms with Crippen LogP contribution < -0.4 is 0 Å². The zero-order valence-electron chi connectivity index (χ0n) is 15.2. The Labute approximate surface area is 158 Å². The predicted octanol–water partition coefficient (Wildman–Crippen LogP) is 3.24. The van der Waals surface area contributed by atoms with Crippen LogP contribution in [0.5, 0.6) is 0 Å². The van der Waals surface area contributed by atoms with Gasteiger partial charge in [0.2, 0.25) is 0 Å². The van der Waals surface area contributed by atoms with E-state index >= 15 is 0 Å². The molecule has 1 fully saturated rings. The van der Waals surface area contributed by atoms with E-state index in [0.29, 0.717) is 5.92 Å². The maximum Gasteiger partial charge on any atom is 0.103 e. The minimum atomic E-state index is 0.489. The second-order valence-corrected chi connectivity index (χ2v) is 7.38. The number of aryl methyl sites for hydroxylation is 1. The summed E-state index contributed by atoms with van der Waals surface area (Å²) in [7, 11) is 3.67. The number of nitrogens with zero attached hydrogens (tertiary/aromatic N) is 5. The fourth-order valence-corrected chi connectivity index (χ4v) is 4.11. The fraction of sp³-hybridized carbons (Fsp3) is 0.474. The van der Waals surface area contributed by atoms with Crippen molar-refractivity contribution in [1.29, 1.82) is 0 Å². The number of fused-ring (bicyclic) bond motifs is 1. The van der Waals surface area contributed by atoms with Gasteiger partial charge in [0.05, 0.1) is 30.7 Å². The van der Waals surface area contributed by atoms with Crippen LogP contribution in [0.25, 0.3) is 16.6 Å². The Hall–Kier alpha value is -1.89. The van der Waals surface area contributed by atoms with Crippen molar-refractivity contribution in [2.75, 3.05) is 33.4 Å². The minimum absolute atomic E-state index is 0.489. The third-order valence-electron chi connectivity index (χ3n) is 5.26. The number of methoxy groups -OCH3 is 1. The van der Waals surface area contributed by atoms with E-state index < -0.39 is 0 Å². The van der Waals surface area contributed by atoms with Gasteiger partial charge in [-0.3, -0.25) is 4.68 Å². The van der Waals surface area contributed by atoms with Crippen LogP contribution in [-0.2, 0) is 11.8 Å². The Kier molecular flexibility index (Phi) is 4.98. The van der Waals surface area contributed by atoms with Gasteiger partial charge in [-0.2, -0.15) is 10.2 Å². The smallest absolute Gasteiger partial charge is 0.103 e. The van der Waals surface area contributed by atoms with E-state index in [0.717, 1.165) is 60.7 Å². The highest BCUT2D eigenvalue weighted by Crippen LogP contribution is 2.36. The molecule has 0 saturated carbocycles. The highest BCUT2D eigenvalue weighted by molar-refractivity contribution is 6.32. The monoisotopic (exact) mass is 373 g/mol. The molecule has 1 aliphatic rings. The Morgan fingerprint density at radius 3 is 2.69 bits per heavy atom. The standard InChI is InChI=1S/C19H24ClN5O/c1-23-13-16(12-21-23)25-19-10-17(18(20)9-15(19)11-22-25)14-3-5-24(6-4-14)7-8-26-2/h9-14H,3-8H2,1-2H3. The molecule has 3 aromatic rings. The van der Waals surface area contributed by atoms with E-state index in [1.165, 1.54) is 5.56 Å². The molecule has 0 radical (unpaired) electrons. The number of aromatic nitrogens is 4.